The first kappa shape index (κ1) is 20.9. The van der Waals surface area contributed by atoms with Crippen LogP contribution in [0.4, 0.5) is 11.6 Å². The fourth-order valence-electron chi connectivity index (χ4n) is 3.60. The van der Waals surface area contributed by atoms with Gasteiger partial charge in [-0.1, -0.05) is 31.4 Å². The molecule has 0 bridgehead atoms. The van der Waals surface area contributed by atoms with E-state index in [4.69, 9.17) is 20.8 Å². The van der Waals surface area contributed by atoms with E-state index in [1.165, 1.54) is 0 Å². The standard InChI is InChI=1S/C22H27ClN4O3/c1-2-3-4-7-24-19-17-12-16(23)5-6-18(17)30-21(19)20(28)15-13-25-22(26-14-15)27-8-10-29-11-9-27/h5-6,12-14,20,24,28H,2-4,7-11H2,1H3. The van der Waals surface area contributed by atoms with Crippen molar-refractivity contribution in [3.63, 3.8) is 0 Å². The first-order valence-corrected chi connectivity index (χ1v) is 10.8. The Morgan fingerprint density at radius 2 is 1.97 bits per heavy atom. The van der Waals surface area contributed by atoms with Crippen molar-refractivity contribution >= 4 is 34.2 Å². The van der Waals surface area contributed by atoms with Crippen LogP contribution in [0.5, 0.6) is 0 Å². The van der Waals surface area contributed by atoms with E-state index in [1.807, 2.05) is 12.1 Å². The van der Waals surface area contributed by atoms with E-state index >= 15 is 0 Å². The Morgan fingerprint density at radius 1 is 1.20 bits per heavy atom. The number of anilines is 2. The number of aliphatic hydroxyl groups is 1. The lowest BCUT2D eigenvalue weighted by atomic mass is 10.1. The Balaban J connectivity index is 1.60. The summed E-state index contributed by atoms with van der Waals surface area (Å²) in [5.74, 6) is 1.09. The third kappa shape index (κ3) is 4.53. The molecule has 4 rings (SSSR count). The molecule has 160 valence electrons. The van der Waals surface area contributed by atoms with Crippen LogP contribution in [-0.2, 0) is 4.74 Å². The molecule has 0 amide bonds. The van der Waals surface area contributed by atoms with Gasteiger partial charge in [0.2, 0.25) is 5.95 Å². The third-order valence-corrected chi connectivity index (χ3v) is 5.51. The predicted molar refractivity (Wildman–Crippen MR) is 118 cm³/mol. The summed E-state index contributed by atoms with van der Waals surface area (Å²) in [5.41, 5.74) is 2.03. The van der Waals surface area contributed by atoms with Crippen LogP contribution < -0.4 is 10.2 Å². The van der Waals surface area contributed by atoms with E-state index in [0.717, 1.165) is 50.0 Å². The van der Waals surface area contributed by atoms with Gasteiger partial charge in [-0.3, -0.25) is 0 Å². The highest BCUT2D eigenvalue weighted by Gasteiger charge is 2.24. The van der Waals surface area contributed by atoms with Crippen molar-refractivity contribution in [2.75, 3.05) is 43.1 Å². The van der Waals surface area contributed by atoms with Crippen molar-refractivity contribution in [3.05, 3.63) is 46.9 Å². The number of halogens is 1. The Labute approximate surface area is 181 Å². The lowest BCUT2D eigenvalue weighted by Crippen LogP contribution is -2.37. The molecule has 0 spiro atoms. The molecule has 2 N–H and O–H groups in total. The molecular weight excluding hydrogens is 404 g/mol. The number of benzene rings is 1. The summed E-state index contributed by atoms with van der Waals surface area (Å²) in [6.45, 7) is 5.82. The smallest absolute Gasteiger partial charge is 0.225 e. The van der Waals surface area contributed by atoms with Crippen LogP contribution >= 0.6 is 11.6 Å². The van der Waals surface area contributed by atoms with Crippen molar-refractivity contribution < 1.29 is 14.3 Å². The van der Waals surface area contributed by atoms with Crippen molar-refractivity contribution in [2.24, 2.45) is 0 Å². The van der Waals surface area contributed by atoms with Crippen LogP contribution in [0.3, 0.4) is 0 Å². The summed E-state index contributed by atoms with van der Waals surface area (Å²) in [7, 11) is 0. The normalized spacial score (nSPS) is 15.5. The van der Waals surface area contributed by atoms with Gasteiger partial charge < -0.3 is 24.5 Å². The number of aromatic nitrogens is 2. The molecule has 0 radical (unpaired) electrons. The van der Waals surface area contributed by atoms with Crippen molar-refractivity contribution in [1.82, 2.24) is 9.97 Å². The fourth-order valence-corrected chi connectivity index (χ4v) is 3.77. The zero-order valence-corrected chi connectivity index (χ0v) is 17.9. The molecule has 1 unspecified atom stereocenters. The van der Waals surface area contributed by atoms with Gasteiger partial charge in [0.15, 0.2) is 5.76 Å². The average molecular weight is 431 g/mol. The molecule has 2 aromatic heterocycles. The number of aliphatic hydroxyl groups excluding tert-OH is 1. The molecule has 0 saturated carbocycles. The van der Waals surface area contributed by atoms with Crippen LogP contribution in [0.25, 0.3) is 11.0 Å². The molecule has 3 heterocycles. The SMILES string of the molecule is CCCCCNc1c(C(O)c2cnc(N3CCOCC3)nc2)oc2ccc(Cl)cc12. The van der Waals surface area contributed by atoms with E-state index in [1.54, 1.807) is 18.5 Å². The largest absolute Gasteiger partial charge is 0.456 e. The maximum atomic E-state index is 11.1. The number of nitrogens with one attached hydrogen (secondary N) is 1. The van der Waals surface area contributed by atoms with Crippen molar-refractivity contribution in [3.8, 4) is 0 Å². The summed E-state index contributed by atoms with van der Waals surface area (Å²) < 4.78 is 11.4. The van der Waals surface area contributed by atoms with E-state index < -0.39 is 6.10 Å². The Kier molecular flexibility index (Phi) is 6.72. The number of ether oxygens (including phenoxy) is 1. The first-order chi connectivity index (χ1) is 14.7. The van der Waals surface area contributed by atoms with Crippen LogP contribution in [-0.4, -0.2) is 47.9 Å². The van der Waals surface area contributed by atoms with Crippen LogP contribution in [0.1, 0.15) is 43.6 Å². The maximum Gasteiger partial charge on any atom is 0.225 e. The Bertz CT molecular complexity index is 970. The first-order valence-electron chi connectivity index (χ1n) is 10.5. The zero-order chi connectivity index (χ0) is 20.9. The van der Waals surface area contributed by atoms with Gasteiger partial charge in [-0.15, -0.1) is 0 Å². The van der Waals surface area contributed by atoms with Gasteiger partial charge in [-0.2, -0.15) is 0 Å². The zero-order valence-electron chi connectivity index (χ0n) is 17.1. The highest BCUT2D eigenvalue weighted by molar-refractivity contribution is 6.31. The molecule has 1 fully saturated rings. The summed E-state index contributed by atoms with van der Waals surface area (Å²) >= 11 is 6.21. The number of fused-ring (bicyclic) bond motifs is 1. The van der Waals surface area contributed by atoms with Gasteiger partial charge in [0.25, 0.3) is 0 Å². The number of hydrogen-bond donors (Lipinski definition) is 2. The minimum Gasteiger partial charge on any atom is -0.456 e. The van der Waals surface area contributed by atoms with Gasteiger partial charge in [0, 0.05) is 48.0 Å². The minimum atomic E-state index is -0.983. The second-order valence-electron chi connectivity index (χ2n) is 7.43. The number of nitrogens with zero attached hydrogens (tertiary/aromatic N) is 3. The summed E-state index contributed by atoms with van der Waals surface area (Å²) in [6.07, 6.45) is 5.65. The molecule has 1 aromatic carbocycles. The number of morpholine rings is 1. The lowest BCUT2D eigenvalue weighted by Gasteiger charge is -2.26. The highest BCUT2D eigenvalue weighted by Crippen LogP contribution is 2.38. The predicted octanol–water partition coefficient (Wildman–Crippen LogP) is 4.40. The molecule has 8 heteroatoms. The highest BCUT2D eigenvalue weighted by atomic mass is 35.5. The topological polar surface area (TPSA) is 83.7 Å². The van der Waals surface area contributed by atoms with E-state index in [0.29, 0.717) is 41.1 Å². The number of rotatable bonds is 8. The van der Waals surface area contributed by atoms with Gasteiger partial charge >= 0.3 is 0 Å². The molecule has 30 heavy (non-hydrogen) atoms. The maximum absolute atomic E-state index is 11.1. The third-order valence-electron chi connectivity index (χ3n) is 5.28. The monoisotopic (exact) mass is 430 g/mol. The molecular formula is C22H27ClN4O3. The molecule has 1 aliphatic rings. The van der Waals surface area contributed by atoms with Gasteiger partial charge in [-0.05, 0) is 24.6 Å². The van der Waals surface area contributed by atoms with Gasteiger partial charge in [-0.25, -0.2) is 9.97 Å². The van der Waals surface area contributed by atoms with Crippen molar-refractivity contribution in [1.29, 1.82) is 0 Å². The Morgan fingerprint density at radius 3 is 2.70 bits per heavy atom. The van der Waals surface area contributed by atoms with Crippen LogP contribution in [0.15, 0.2) is 35.0 Å². The van der Waals surface area contributed by atoms with Crippen LogP contribution in [0.2, 0.25) is 5.02 Å². The average Bonchev–Trinajstić information content (AvgIpc) is 3.14. The van der Waals surface area contributed by atoms with Crippen molar-refractivity contribution in [2.45, 2.75) is 32.3 Å². The second-order valence-corrected chi connectivity index (χ2v) is 7.87. The number of unbranched alkanes of at least 4 members (excludes halogenated alkanes) is 2. The van der Waals surface area contributed by atoms with Gasteiger partial charge in [0.05, 0.1) is 18.9 Å². The van der Waals surface area contributed by atoms with Crippen LogP contribution in [0, 0.1) is 0 Å². The summed E-state index contributed by atoms with van der Waals surface area (Å²) in [6, 6.07) is 5.46. The molecule has 3 aromatic rings. The molecule has 1 saturated heterocycles. The lowest BCUT2D eigenvalue weighted by molar-refractivity contribution is 0.122. The summed E-state index contributed by atoms with van der Waals surface area (Å²) in [4.78, 5) is 11.0. The molecule has 1 aliphatic heterocycles. The van der Waals surface area contributed by atoms with E-state index in [-0.39, 0.29) is 0 Å². The van der Waals surface area contributed by atoms with E-state index in [2.05, 4.69) is 27.1 Å². The molecule has 7 nitrogen and oxygen atoms in total. The minimum absolute atomic E-state index is 0.450. The molecule has 1 atom stereocenters. The molecule has 0 aliphatic carbocycles. The fraction of sp³-hybridized carbons (Fsp3) is 0.455. The summed E-state index contributed by atoms with van der Waals surface area (Å²) in [5, 5.41) is 16.0. The van der Waals surface area contributed by atoms with E-state index in [9.17, 15) is 5.11 Å². The quantitative estimate of drug-likeness (QED) is 0.512. The van der Waals surface area contributed by atoms with Gasteiger partial charge in [0.1, 0.15) is 11.7 Å². The Hall–Kier alpha value is -2.35. The number of furan rings is 1. The second kappa shape index (κ2) is 9.64. The number of hydrogen-bond acceptors (Lipinski definition) is 7.